The Hall–Kier alpha value is -1.80. The Labute approximate surface area is 130 Å². The van der Waals surface area contributed by atoms with Crippen molar-refractivity contribution in [2.45, 2.75) is 32.6 Å². The molecule has 0 spiro atoms. The number of Topliss-reactive ketones (excluding diaryl/α,β-unsaturated/α-hetero) is 1. The highest BCUT2D eigenvalue weighted by atomic mass is 35.5. The summed E-state index contributed by atoms with van der Waals surface area (Å²) in [5, 5.41) is 0.487. The number of hydrogen-bond acceptors (Lipinski definition) is 2. The van der Waals surface area contributed by atoms with Crippen LogP contribution >= 0.6 is 11.6 Å². The topological polar surface area (TPSA) is 43.1 Å². The quantitative estimate of drug-likeness (QED) is 0.662. The molecule has 2 aromatic rings. The lowest BCUT2D eigenvalue weighted by Crippen LogP contribution is -2.11. The van der Waals surface area contributed by atoms with Crippen molar-refractivity contribution in [1.82, 2.24) is 0 Å². The molecular formula is C18H20ClNO. The predicted molar refractivity (Wildman–Crippen MR) is 89.0 cm³/mol. The lowest BCUT2D eigenvalue weighted by atomic mass is 9.86. The molecule has 0 bridgehead atoms. The highest BCUT2D eigenvalue weighted by molar-refractivity contribution is 6.31. The summed E-state index contributed by atoms with van der Waals surface area (Å²) in [7, 11) is 0. The van der Waals surface area contributed by atoms with Crippen LogP contribution in [-0.2, 0) is 11.8 Å². The van der Waals surface area contributed by atoms with Gasteiger partial charge in [0.15, 0.2) is 5.78 Å². The molecule has 0 saturated carbocycles. The maximum atomic E-state index is 12.3. The highest BCUT2D eigenvalue weighted by Crippen LogP contribution is 2.23. The number of nitrogens with two attached hydrogens (primary N) is 1. The van der Waals surface area contributed by atoms with Gasteiger partial charge in [-0.2, -0.15) is 0 Å². The Kier molecular flexibility index (Phi) is 4.38. The van der Waals surface area contributed by atoms with E-state index in [-0.39, 0.29) is 11.2 Å². The third-order valence-corrected chi connectivity index (χ3v) is 3.64. The SMILES string of the molecule is CC(C)(C)c1ccc(CC(=O)c2cc(N)cc(Cl)c2)cc1. The minimum atomic E-state index is 0.0210. The van der Waals surface area contributed by atoms with E-state index in [4.69, 9.17) is 17.3 Å². The molecule has 0 radical (unpaired) electrons. The molecule has 0 saturated heterocycles. The lowest BCUT2D eigenvalue weighted by Gasteiger charge is -2.19. The van der Waals surface area contributed by atoms with E-state index < -0.39 is 0 Å². The van der Waals surface area contributed by atoms with Gasteiger partial charge in [0.1, 0.15) is 0 Å². The van der Waals surface area contributed by atoms with Crippen LogP contribution in [0.4, 0.5) is 5.69 Å². The monoisotopic (exact) mass is 301 g/mol. The number of hydrogen-bond donors (Lipinski definition) is 1. The summed E-state index contributed by atoms with van der Waals surface area (Å²) in [6, 6.07) is 13.1. The van der Waals surface area contributed by atoms with Crippen LogP contribution in [-0.4, -0.2) is 5.78 Å². The van der Waals surface area contributed by atoms with E-state index in [1.165, 1.54) is 5.56 Å². The maximum absolute atomic E-state index is 12.3. The van der Waals surface area contributed by atoms with E-state index in [1.807, 2.05) is 12.1 Å². The van der Waals surface area contributed by atoms with E-state index >= 15 is 0 Å². The van der Waals surface area contributed by atoms with Crippen LogP contribution in [0.15, 0.2) is 42.5 Å². The van der Waals surface area contributed by atoms with Crippen LogP contribution in [0.3, 0.4) is 0 Å². The minimum absolute atomic E-state index is 0.0210. The molecule has 2 N–H and O–H groups in total. The lowest BCUT2D eigenvalue weighted by molar-refractivity contribution is 0.0993. The van der Waals surface area contributed by atoms with Gasteiger partial charge in [-0.25, -0.2) is 0 Å². The van der Waals surface area contributed by atoms with Crippen molar-refractivity contribution >= 4 is 23.1 Å². The Balaban J connectivity index is 2.16. The first-order valence-electron chi connectivity index (χ1n) is 6.94. The minimum Gasteiger partial charge on any atom is -0.399 e. The molecule has 0 aliphatic rings. The zero-order chi connectivity index (χ0) is 15.6. The summed E-state index contributed by atoms with van der Waals surface area (Å²) in [6.45, 7) is 6.51. The zero-order valence-electron chi connectivity index (χ0n) is 12.6. The molecule has 2 aromatic carbocycles. The first-order valence-corrected chi connectivity index (χ1v) is 7.32. The maximum Gasteiger partial charge on any atom is 0.167 e. The molecule has 0 amide bonds. The molecule has 0 aromatic heterocycles. The van der Waals surface area contributed by atoms with E-state index in [0.717, 1.165) is 5.56 Å². The molecule has 21 heavy (non-hydrogen) atoms. The summed E-state index contributed by atoms with van der Waals surface area (Å²) in [5.74, 6) is 0.0210. The Bertz CT molecular complexity index is 634. The molecule has 0 unspecified atom stereocenters. The Morgan fingerprint density at radius 2 is 1.71 bits per heavy atom. The molecule has 0 aliphatic carbocycles. The van der Waals surface area contributed by atoms with Crippen molar-refractivity contribution in [1.29, 1.82) is 0 Å². The fourth-order valence-corrected chi connectivity index (χ4v) is 2.43. The fourth-order valence-electron chi connectivity index (χ4n) is 2.18. The summed E-state index contributed by atoms with van der Waals surface area (Å²) in [4.78, 5) is 12.3. The molecule has 2 rings (SSSR count). The second kappa shape index (κ2) is 5.90. The van der Waals surface area contributed by atoms with Gasteiger partial charge in [-0.3, -0.25) is 4.79 Å². The Morgan fingerprint density at radius 3 is 2.24 bits per heavy atom. The van der Waals surface area contributed by atoms with Crippen LogP contribution in [0.2, 0.25) is 5.02 Å². The van der Waals surface area contributed by atoms with E-state index in [2.05, 4.69) is 32.9 Å². The number of carbonyl (C=O) groups excluding carboxylic acids is 1. The van der Waals surface area contributed by atoms with Gasteiger partial charge in [-0.05, 0) is 34.7 Å². The molecule has 3 heteroatoms. The highest BCUT2D eigenvalue weighted by Gasteiger charge is 2.14. The second-order valence-corrected chi connectivity index (χ2v) is 6.76. The number of halogens is 1. The standard InChI is InChI=1S/C18H20ClNO/c1-18(2,3)14-6-4-12(5-7-14)8-17(21)13-9-15(19)11-16(20)10-13/h4-7,9-11H,8,20H2,1-3H3. The van der Waals surface area contributed by atoms with Crippen molar-refractivity contribution < 1.29 is 4.79 Å². The van der Waals surface area contributed by atoms with Crippen LogP contribution in [0.1, 0.15) is 42.3 Å². The van der Waals surface area contributed by atoms with E-state index in [1.54, 1.807) is 18.2 Å². The van der Waals surface area contributed by atoms with Crippen molar-refractivity contribution in [3.05, 3.63) is 64.2 Å². The molecule has 0 fully saturated rings. The third kappa shape index (κ3) is 4.08. The van der Waals surface area contributed by atoms with Gasteiger partial charge in [0.2, 0.25) is 0 Å². The second-order valence-electron chi connectivity index (χ2n) is 6.32. The molecular weight excluding hydrogens is 282 g/mol. The number of benzene rings is 2. The summed E-state index contributed by atoms with van der Waals surface area (Å²) >= 11 is 5.94. The van der Waals surface area contributed by atoms with Crippen LogP contribution in [0.5, 0.6) is 0 Å². The first kappa shape index (κ1) is 15.6. The average molecular weight is 302 g/mol. The number of rotatable bonds is 3. The molecule has 2 nitrogen and oxygen atoms in total. The zero-order valence-corrected chi connectivity index (χ0v) is 13.4. The van der Waals surface area contributed by atoms with Crippen molar-refractivity contribution in [2.75, 3.05) is 5.73 Å². The molecule has 0 heterocycles. The predicted octanol–water partition coefficient (Wildman–Crippen LogP) is 4.65. The molecule has 110 valence electrons. The van der Waals surface area contributed by atoms with Gasteiger partial charge in [-0.15, -0.1) is 0 Å². The fraction of sp³-hybridized carbons (Fsp3) is 0.278. The number of carbonyl (C=O) groups is 1. The number of ketones is 1. The van der Waals surface area contributed by atoms with Gasteiger partial charge in [0.25, 0.3) is 0 Å². The molecule has 0 atom stereocenters. The van der Waals surface area contributed by atoms with Crippen LogP contribution in [0, 0.1) is 0 Å². The van der Waals surface area contributed by atoms with Gasteiger partial charge < -0.3 is 5.73 Å². The van der Waals surface area contributed by atoms with E-state index in [0.29, 0.717) is 22.7 Å². The summed E-state index contributed by atoms with van der Waals surface area (Å²) in [6.07, 6.45) is 0.351. The smallest absolute Gasteiger partial charge is 0.167 e. The van der Waals surface area contributed by atoms with Crippen LogP contribution < -0.4 is 5.73 Å². The number of nitrogen functional groups attached to an aromatic ring is 1. The average Bonchev–Trinajstić information content (AvgIpc) is 2.37. The Morgan fingerprint density at radius 1 is 1.10 bits per heavy atom. The van der Waals surface area contributed by atoms with Gasteiger partial charge in [0.05, 0.1) is 0 Å². The number of anilines is 1. The van der Waals surface area contributed by atoms with Crippen molar-refractivity contribution in [3.63, 3.8) is 0 Å². The molecule has 0 aliphatic heterocycles. The summed E-state index contributed by atoms with van der Waals surface area (Å²) in [5.41, 5.74) is 9.15. The third-order valence-electron chi connectivity index (χ3n) is 3.43. The first-order chi connectivity index (χ1) is 9.75. The van der Waals surface area contributed by atoms with Gasteiger partial charge in [0, 0.05) is 22.7 Å². The summed E-state index contributed by atoms with van der Waals surface area (Å²) < 4.78 is 0. The van der Waals surface area contributed by atoms with Gasteiger partial charge in [-0.1, -0.05) is 56.6 Å². The van der Waals surface area contributed by atoms with Crippen LogP contribution in [0.25, 0.3) is 0 Å². The van der Waals surface area contributed by atoms with Gasteiger partial charge >= 0.3 is 0 Å². The largest absolute Gasteiger partial charge is 0.399 e. The normalized spacial score (nSPS) is 11.4. The van der Waals surface area contributed by atoms with Crippen molar-refractivity contribution in [2.24, 2.45) is 0 Å². The van der Waals surface area contributed by atoms with E-state index in [9.17, 15) is 4.79 Å². The van der Waals surface area contributed by atoms with Crippen molar-refractivity contribution in [3.8, 4) is 0 Å².